The van der Waals surface area contributed by atoms with Crippen LogP contribution in [0.4, 0.5) is 0 Å². The summed E-state index contributed by atoms with van der Waals surface area (Å²) in [5, 5.41) is 8.77. The SMILES string of the molecule is C=C1C=C(c2ccc(C(=O)CO)cc2)CCC1. The topological polar surface area (TPSA) is 37.3 Å². The number of carbonyl (C=O) groups excluding carboxylic acids is 1. The van der Waals surface area contributed by atoms with Gasteiger partial charge in [-0.1, -0.05) is 42.5 Å². The maximum absolute atomic E-state index is 11.3. The molecule has 0 heterocycles. The smallest absolute Gasteiger partial charge is 0.188 e. The second kappa shape index (κ2) is 5.11. The molecule has 1 N–H and O–H groups in total. The van der Waals surface area contributed by atoms with Crippen molar-refractivity contribution in [2.24, 2.45) is 0 Å². The van der Waals surface area contributed by atoms with Crippen LogP contribution in [0.3, 0.4) is 0 Å². The van der Waals surface area contributed by atoms with Crippen LogP contribution in [-0.2, 0) is 0 Å². The molecule has 0 fully saturated rings. The van der Waals surface area contributed by atoms with Crippen molar-refractivity contribution < 1.29 is 9.90 Å². The Morgan fingerprint density at radius 3 is 2.53 bits per heavy atom. The molecule has 0 amide bonds. The molecule has 1 aromatic rings. The van der Waals surface area contributed by atoms with Gasteiger partial charge in [-0.3, -0.25) is 4.79 Å². The third-order valence-electron chi connectivity index (χ3n) is 3.04. The molecular formula is C15H16O2. The molecule has 0 aliphatic heterocycles. The molecule has 2 rings (SSSR count). The lowest BCUT2D eigenvalue weighted by atomic mass is 9.91. The maximum atomic E-state index is 11.3. The number of carbonyl (C=O) groups is 1. The first-order chi connectivity index (χ1) is 8.20. The number of ketones is 1. The van der Waals surface area contributed by atoms with Gasteiger partial charge in [0, 0.05) is 5.56 Å². The van der Waals surface area contributed by atoms with Crippen molar-refractivity contribution in [3.05, 3.63) is 53.6 Å². The van der Waals surface area contributed by atoms with Crippen LogP contribution in [0.1, 0.15) is 35.2 Å². The van der Waals surface area contributed by atoms with E-state index in [0.717, 1.165) is 24.8 Å². The normalized spacial score (nSPS) is 15.6. The quantitative estimate of drug-likeness (QED) is 0.807. The molecule has 0 spiro atoms. The molecule has 0 bridgehead atoms. The zero-order valence-electron chi connectivity index (χ0n) is 9.78. The van der Waals surface area contributed by atoms with Crippen molar-refractivity contribution in [1.82, 2.24) is 0 Å². The lowest BCUT2D eigenvalue weighted by Crippen LogP contribution is -2.04. The lowest BCUT2D eigenvalue weighted by Gasteiger charge is -2.14. The first-order valence-corrected chi connectivity index (χ1v) is 5.83. The van der Waals surface area contributed by atoms with E-state index in [4.69, 9.17) is 5.11 Å². The van der Waals surface area contributed by atoms with Gasteiger partial charge in [-0.2, -0.15) is 0 Å². The summed E-state index contributed by atoms with van der Waals surface area (Å²) in [5.74, 6) is -0.237. The van der Waals surface area contributed by atoms with Crippen LogP contribution in [0.5, 0.6) is 0 Å². The Hall–Kier alpha value is -1.67. The van der Waals surface area contributed by atoms with Gasteiger partial charge in [-0.25, -0.2) is 0 Å². The standard InChI is InChI=1S/C15H16O2/c1-11-3-2-4-14(9-11)12-5-7-13(8-6-12)15(17)10-16/h5-9,16H,1-4,10H2. The van der Waals surface area contributed by atoms with Crippen molar-refractivity contribution in [2.75, 3.05) is 6.61 Å². The summed E-state index contributed by atoms with van der Waals surface area (Å²) in [7, 11) is 0. The number of benzene rings is 1. The Bertz CT molecular complexity index is 466. The summed E-state index contributed by atoms with van der Waals surface area (Å²) < 4.78 is 0. The van der Waals surface area contributed by atoms with Gasteiger partial charge < -0.3 is 5.11 Å². The van der Waals surface area contributed by atoms with Crippen LogP contribution in [-0.4, -0.2) is 17.5 Å². The van der Waals surface area contributed by atoms with Crippen molar-refractivity contribution in [2.45, 2.75) is 19.3 Å². The largest absolute Gasteiger partial charge is 0.388 e. The molecule has 0 saturated carbocycles. The average Bonchev–Trinajstić information content (AvgIpc) is 2.38. The van der Waals surface area contributed by atoms with E-state index in [-0.39, 0.29) is 5.78 Å². The van der Waals surface area contributed by atoms with Crippen LogP contribution in [0.2, 0.25) is 0 Å². The van der Waals surface area contributed by atoms with Gasteiger partial charge in [0.15, 0.2) is 5.78 Å². The fourth-order valence-electron chi connectivity index (χ4n) is 2.09. The summed E-state index contributed by atoms with van der Waals surface area (Å²) in [5.41, 5.74) is 4.15. The first kappa shape index (κ1) is 11.8. The second-order valence-electron chi connectivity index (χ2n) is 4.34. The van der Waals surface area contributed by atoms with Crippen LogP contribution >= 0.6 is 0 Å². The number of rotatable bonds is 3. The van der Waals surface area contributed by atoms with E-state index < -0.39 is 6.61 Å². The highest BCUT2D eigenvalue weighted by Crippen LogP contribution is 2.28. The van der Waals surface area contributed by atoms with Gasteiger partial charge in [0.05, 0.1) is 0 Å². The number of Topliss-reactive ketones (excluding diaryl/α,β-unsaturated/α-hetero) is 1. The number of hydrogen-bond donors (Lipinski definition) is 1. The molecule has 0 atom stereocenters. The number of aliphatic hydroxyl groups excluding tert-OH is 1. The molecule has 0 saturated heterocycles. The van der Waals surface area contributed by atoms with Gasteiger partial charge >= 0.3 is 0 Å². The predicted octanol–water partition coefficient (Wildman–Crippen LogP) is 2.99. The van der Waals surface area contributed by atoms with Crippen LogP contribution < -0.4 is 0 Å². The molecular weight excluding hydrogens is 212 g/mol. The summed E-state index contributed by atoms with van der Waals surface area (Å²) in [6.07, 6.45) is 5.41. The summed E-state index contributed by atoms with van der Waals surface area (Å²) in [4.78, 5) is 11.3. The molecule has 1 aliphatic rings. The molecule has 2 nitrogen and oxygen atoms in total. The fraction of sp³-hybridized carbons (Fsp3) is 0.267. The molecule has 17 heavy (non-hydrogen) atoms. The van der Waals surface area contributed by atoms with Crippen molar-refractivity contribution in [3.63, 3.8) is 0 Å². The predicted molar refractivity (Wildman–Crippen MR) is 68.8 cm³/mol. The Morgan fingerprint density at radius 1 is 1.24 bits per heavy atom. The highest BCUT2D eigenvalue weighted by Gasteiger charge is 2.09. The lowest BCUT2D eigenvalue weighted by molar-refractivity contribution is 0.0904. The number of hydrogen-bond acceptors (Lipinski definition) is 2. The Kier molecular flexibility index (Phi) is 3.55. The van der Waals surface area contributed by atoms with E-state index in [9.17, 15) is 4.79 Å². The van der Waals surface area contributed by atoms with E-state index in [1.54, 1.807) is 12.1 Å². The van der Waals surface area contributed by atoms with Gasteiger partial charge in [0.2, 0.25) is 0 Å². The van der Waals surface area contributed by atoms with E-state index >= 15 is 0 Å². The summed E-state index contributed by atoms with van der Waals surface area (Å²) in [6, 6.07) is 7.42. The maximum Gasteiger partial charge on any atom is 0.188 e. The van der Waals surface area contributed by atoms with Crippen molar-refractivity contribution in [3.8, 4) is 0 Å². The van der Waals surface area contributed by atoms with Crippen molar-refractivity contribution in [1.29, 1.82) is 0 Å². The Morgan fingerprint density at radius 2 is 1.94 bits per heavy atom. The first-order valence-electron chi connectivity index (χ1n) is 5.83. The van der Waals surface area contributed by atoms with Crippen molar-refractivity contribution >= 4 is 11.4 Å². The molecule has 0 unspecified atom stereocenters. The zero-order chi connectivity index (χ0) is 12.3. The fourth-order valence-corrected chi connectivity index (χ4v) is 2.09. The number of allylic oxidation sites excluding steroid dienone is 3. The van der Waals surface area contributed by atoms with E-state index in [1.807, 2.05) is 12.1 Å². The zero-order valence-corrected chi connectivity index (χ0v) is 9.78. The highest BCUT2D eigenvalue weighted by atomic mass is 16.3. The monoisotopic (exact) mass is 228 g/mol. The Labute approximate surface area is 101 Å². The van der Waals surface area contributed by atoms with Crippen LogP contribution in [0.25, 0.3) is 5.57 Å². The molecule has 0 aromatic heterocycles. The van der Waals surface area contributed by atoms with E-state index in [1.165, 1.54) is 11.1 Å². The molecule has 88 valence electrons. The molecule has 0 radical (unpaired) electrons. The minimum atomic E-state index is -0.432. The summed E-state index contributed by atoms with van der Waals surface area (Å²) in [6.45, 7) is 3.55. The van der Waals surface area contributed by atoms with E-state index in [2.05, 4.69) is 12.7 Å². The highest BCUT2D eigenvalue weighted by molar-refractivity contribution is 5.97. The molecule has 1 aliphatic carbocycles. The minimum Gasteiger partial charge on any atom is -0.388 e. The molecule has 1 aromatic carbocycles. The van der Waals surface area contributed by atoms with Crippen LogP contribution in [0.15, 0.2) is 42.5 Å². The Balaban J connectivity index is 2.23. The minimum absolute atomic E-state index is 0.237. The summed E-state index contributed by atoms with van der Waals surface area (Å²) >= 11 is 0. The second-order valence-corrected chi connectivity index (χ2v) is 4.34. The molecule has 2 heteroatoms. The van der Waals surface area contributed by atoms with Gasteiger partial charge in [-0.15, -0.1) is 0 Å². The van der Waals surface area contributed by atoms with Gasteiger partial charge in [0.1, 0.15) is 6.61 Å². The van der Waals surface area contributed by atoms with E-state index in [0.29, 0.717) is 5.56 Å². The average molecular weight is 228 g/mol. The third kappa shape index (κ3) is 2.71. The number of aliphatic hydroxyl groups is 1. The van der Waals surface area contributed by atoms with Crippen LogP contribution in [0, 0.1) is 0 Å². The van der Waals surface area contributed by atoms with Gasteiger partial charge in [0.25, 0.3) is 0 Å². The third-order valence-corrected chi connectivity index (χ3v) is 3.04. The van der Waals surface area contributed by atoms with Gasteiger partial charge in [-0.05, 0) is 30.4 Å².